The summed E-state index contributed by atoms with van der Waals surface area (Å²) < 4.78 is 0. The third-order valence-corrected chi connectivity index (χ3v) is 4.68. The van der Waals surface area contributed by atoms with Gasteiger partial charge in [-0.3, -0.25) is 9.69 Å². The minimum atomic E-state index is 0. The molecule has 1 fully saturated rings. The standard InChI is InChI=1S/C18H27ClN2O.ClH/c1-14(2)18(22)20-13-17(15-9-5-6-10-16(15)19)21-11-7-3-4-8-12-21;/h5-6,9-10,14,17H,3-4,7-8,11-13H2,1-2H3,(H,20,22);1H. The topological polar surface area (TPSA) is 32.3 Å². The molecule has 23 heavy (non-hydrogen) atoms. The van der Waals surface area contributed by atoms with Crippen molar-refractivity contribution in [3.8, 4) is 0 Å². The van der Waals surface area contributed by atoms with Gasteiger partial charge in [-0.15, -0.1) is 12.4 Å². The molecule has 1 saturated heterocycles. The first-order valence-corrected chi connectivity index (χ1v) is 8.73. The molecule has 1 aromatic rings. The molecule has 1 aliphatic heterocycles. The lowest BCUT2D eigenvalue weighted by atomic mass is 10.0. The molecule has 1 N–H and O–H groups in total. The molecule has 2 rings (SSSR count). The maximum atomic E-state index is 12.0. The molecular weight excluding hydrogens is 331 g/mol. The van der Waals surface area contributed by atoms with Gasteiger partial charge in [0.25, 0.3) is 0 Å². The zero-order valence-corrected chi connectivity index (χ0v) is 15.6. The first-order chi connectivity index (χ1) is 10.6. The second-order valence-corrected chi connectivity index (χ2v) is 6.79. The summed E-state index contributed by atoms with van der Waals surface area (Å²) in [5.41, 5.74) is 1.12. The number of hydrogen-bond donors (Lipinski definition) is 1. The average Bonchev–Trinajstić information content (AvgIpc) is 2.78. The number of hydrogen-bond acceptors (Lipinski definition) is 2. The lowest BCUT2D eigenvalue weighted by Crippen LogP contribution is -2.40. The van der Waals surface area contributed by atoms with Crippen LogP contribution >= 0.6 is 24.0 Å². The normalized spacial score (nSPS) is 17.2. The SMILES string of the molecule is CC(C)C(=O)NCC(c1ccccc1Cl)N1CCCCCC1.Cl. The molecule has 1 amide bonds. The molecule has 1 heterocycles. The second kappa shape index (κ2) is 10.2. The van der Waals surface area contributed by atoms with Crippen molar-refractivity contribution < 1.29 is 4.79 Å². The maximum Gasteiger partial charge on any atom is 0.222 e. The van der Waals surface area contributed by atoms with E-state index in [1.807, 2.05) is 32.0 Å². The van der Waals surface area contributed by atoms with E-state index >= 15 is 0 Å². The summed E-state index contributed by atoms with van der Waals surface area (Å²) in [4.78, 5) is 14.4. The fourth-order valence-electron chi connectivity index (χ4n) is 2.99. The van der Waals surface area contributed by atoms with Gasteiger partial charge in [0.15, 0.2) is 0 Å². The van der Waals surface area contributed by atoms with Gasteiger partial charge in [-0.2, -0.15) is 0 Å². The zero-order chi connectivity index (χ0) is 15.9. The monoisotopic (exact) mass is 358 g/mol. The van der Waals surface area contributed by atoms with Crippen molar-refractivity contribution in [2.75, 3.05) is 19.6 Å². The van der Waals surface area contributed by atoms with E-state index in [-0.39, 0.29) is 30.3 Å². The highest BCUT2D eigenvalue weighted by Crippen LogP contribution is 2.29. The molecule has 1 unspecified atom stereocenters. The van der Waals surface area contributed by atoms with Gasteiger partial charge < -0.3 is 5.32 Å². The smallest absolute Gasteiger partial charge is 0.222 e. The number of carbonyl (C=O) groups is 1. The van der Waals surface area contributed by atoms with E-state index in [1.54, 1.807) is 0 Å². The van der Waals surface area contributed by atoms with E-state index in [0.717, 1.165) is 23.7 Å². The van der Waals surface area contributed by atoms with E-state index in [4.69, 9.17) is 11.6 Å². The summed E-state index contributed by atoms with van der Waals surface area (Å²) in [6.07, 6.45) is 5.03. The molecular formula is C18H28Cl2N2O. The minimum Gasteiger partial charge on any atom is -0.354 e. The minimum absolute atomic E-state index is 0. The first-order valence-electron chi connectivity index (χ1n) is 8.35. The van der Waals surface area contributed by atoms with E-state index in [2.05, 4.69) is 16.3 Å². The molecule has 0 spiro atoms. The van der Waals surface area contributed by atoms with Crippen molar-refractivity contribution in [1.82, 2.24) is 10.2 Å². The number of carbonyl (C=O) groups excluding carboxylic acids is 1. The number of benzene rings is 1. The summed E-state index contributed by atoms with van der Waals surface area (Å²) in [6, 6.07) is 8.16. The number of nitrogens with one attached hydrogen (secondary N) is 1. The second-order valence-electron chi connectivity index (χ2n) is 6.39. The molecule has 1 atom stereocenters. The summed E-state index contributed by atoms with van der Waals surface area (Å²) in [6.45, 7) is 6.62. The van der Waals surface area contributed by atoms with Gasteiger partial charge in [-0.1, -0.05) is 56.5 Å². The molecule has 130 valence electrons. The van der Waals surface area contributed by atoms with Crippen molar-refractivity contribution in [3.63, 3.8) is 0 Å². The fraction of sp³-hybridized carbons (Fsp3) is 0.611. The number of rotatable bonds is 5. The van der Waals surface area contributed by atoms with Crippen molar-refractivity contribution in [1.29, 1.82) is 0 Å². The third-order valence-electron chi connectivity index (χ3n) is 4.34. The molecule has 3 nitrogen and oxygen atoms in total. The number of amides is 1. The largest absolute Gasteiger partial charge is 0.354 e. The van der Waals surface area contributed by atoms with Gasteiger partial charge in [0.05, 0.1) is 6.04 Å². The van der Waals surface area contributed by atoms with E-state index in [1.165, 1.54) is 25.7 Å². The van der Waals surface area contributed by atoms with E-state index < -0.39 is 0 Å². The van der Waals surface area contributed by atoms with Crippen LogP contribution < -0.4 is 5.32 Å². The summed E-state index contributed by atoms with van der Waals surface area (Å²) in [5.74, 6) is 0.114. The van der Waals surface area contributed by atoms with Crippen LogP contribution in [0.25, 0.3) is 0 Å². The van der Waals surface area contributed by atoms with Crippen LogP contribution in [-0.2, 0) is 4.79 Å². The van der Waals surface area contributed by atoms with Gasteiger partial charge in [0, 0.05) is 17.5 Å². The van der Waals surface area contributed by atoms with Gasteiger partial charge in [-0.05, 0) is 37.6 Å². The Labute approximate surface area is 151 Å². The van der Waals surface area contributed by atoms with Crippen LogP contribution in [0.3, 0.4) is 0 Å². The molecule has 0 saturated carbocycles. The lowest BCUT2D eigenvalue weighted by Gasteiger charge is -2.32. The average molecular weight is 359 g/mol. The van der Waals surface area contributed by atoms with Crippen LogP contribution in [0, 0.1) is 5.92 Å². The quantitative estimate of drug-likeness (QED) is 0.842. The third kappa shape index (κ3) is 5.98. The van der Waals surface area contributed by atoms with Gasteiger partial charge >= 0.3 is 0 Å². The van der Waals surface area contributed by atoms with Gasteiger partial charge in [0.2, 0.25) is 5.91 Å². The van der Waals surface area contributed by atoms with Crippen molar-refractivity contribution in [2.45, 2.75) is 45.6 Å². The molecule has 0 aliphatic carbocycles. The Morgan fingerprint density at radius 1 is 1.17 bits per heavy atom. The van der Waals surface area contributed by atoms with Crippen molar-refractivity contribution in [2.24, 2.45) is 5.92 Å². The molecule has 1 aromatic carbocycles. The molecule has 0 radical (unpaired) electrons. The lowest BCUT2D eigenvalue weighted by molar-refractivity contribution is -0.124. The number of halogens is 2. The number of likely N-dealkylation sites (tertiary alicyclic amines) is 1. The highest BCUT2D eigenvalue weighted by atomic mass is 35.5. The Hall–Kier alpha value is -0.770. The van der Waals surface area contributed by atoms with Crippen LogP contribution in [0.4, 0.5) is 0 Å². The molecule has 0 aromatic heterocycles. The molecule has 0 bridgehead atoms. The van der Waals surface area contributed by atoms with Crippen molar-refractivity contribution in [3.05, 3.63) is 34.9 Å². The van der Waals surface area contributed by atoms with Gasteiger partial charge in [-0.25, -0.2) is 0 Å². The maximum absolute atomic E-state index is 12.0. The first kappa shape index (κ1) is 20.3. The highest BCUT2D eigenvalue weighted by molar-refractivity contribution is 6.31. The Balaban J connectivity index is 0.00000264. The Morgan fingerprint density at radius 3 is 2.35 bits per heavy atom. The van der Waals surface area contributed by atoms with Crippen molar-refractivity contribution >= 4 is 29.9 Å². The predicted octanol–water partition coefficient (Wildman–Crippen LogP) is 4.45. The molecule has 5 heteroatoms. The molecule has 1 aliphatic rings. The summed E-state index contributed by atoms with van der Waals surface area (Å²) in [5, 5.41) is 3.87. The van der Waals surface area contributed by atoms with Crippen LogP contribution in [0.1, 0.15) is 51.1 Å². The Bertz CT molecular complexity index is 486. The Morgan fingerprint density at radius 2 is 1.78 bits per heavy atom. The van der Waals surface area contributed by atoms with Crippen LogP contribution in [-0.4, -0.2) is 30.4 Å². The van der Waals surface area contributed by atoms with Crippen LogP contribution in [0.2, 0.25) is 5.02 Å². The van der Waals surface area contributed by atoms with E-state index in [9.17, 15) is 4.79 Å². The fourth-order valence-corrected chi connectivity index (χ4v) is 3.25. The summed E-state index contributed by atoms with van der Waals surface area (Å²) >= 11 is 6.42. The van der Waals surface area contributed by atoms with Gasteiger partial charge in [0.1, 0.15) is 0 Å². The Kier molecular flexibility index (Phi) is 8.96. The van der Waals surface area contributed by atoms with Crippen LogP contribution in [0.15, 0.2) is 24.3 Å². The summed E-state index contributed by atoms with van der Waals surface area (Å²) in [7, 11) is 0. The number of nitrogens with zero attached hydrogens (tertiary/aromatic N) is 1. The highest BCUT2D eigenvalue weighted by Gasteiger charge is 2.24. The predicted molar refractivity (Wildman–Crippen MR) is 99.3 cm³/mol. The van der Waals surface area contributed by atoms with Crippen LogP contribution in [0.5, 0.6) is 0 Å². The van der Waals surface area contributed by atoms with E-state index in [0.29, 0.717) is 6.54 Å². The zero-order valence-electron chi connectivity index (χ0n) is 14.1.